The van der Waals surface area contributed by atoms with Crippen molar-refractivity contribution in [1.82, 2.24) is 0 Å². The van der Waals surface area contributed by atoms with Gasteiger partial charge in [0.2, 0.25) is 5.60 Å². The minimum absolute atomic E-state index is 0.229. The lowest BCUT2D eigenvalue weighted by molar-refractivity contribution is -0.156. The quantitative estimate of drug-likeness (QED) is 0.807. The number of carbonyl (C=O) groups is 2. The van der Waals surface area contributed by atoms with Gasteiger partial charge >= 0.3 is 5.97 Å². The van der Waals surface area contributed by atoms with Crippen LogP contribution < -0.4 is 4.74 Å². The van der Waals surface area contributed by atoms with E-state index in [0.29, 0.717) is 24.7 Å². The molecule has 98 valence electrons. The predicted molar refractivity (Wildman–Crippen MR) is 68.4 cm³/mol. The highest BCUT2D eigenvalue weighted by atomic mass is 35.5. The van der Waals surface area contributed by atoms with Gasteiger partial charge in [0, 0.05) is 5.56 Å². The van der Waals surface area contributed by atoms with Crippen LogP contribution in [0.25, 0.3) is 0 Å². The molecule has 5 heteroatoms. The number of ether oxygens (including phenoxy) is 1. The number of carboxylic acid groups (broad SMARTS) is 1. The topological polar surface area (TPSA) is 63.6 Å². The van der Waals surface area contributed by atoms with E-state index in [0.717, 1.165) is 0 Å². The van der Waals surface area contributed by atoms with Gasteiger partial charge in [-0.05, 0) is 31.0 Å². The Morgan fingerprint density at radius 1 is 1.44 bits per heavy atom. The van der Waals surface area contributed by atoms with Crippen molar-refractivity contribution in [2.45, 2.75) is 32.3 Å². The van der Waals surface area contributed by atoms with Crippen molar-refractivity contribution >= 4 is 23.9 Å². The van der Waals surface area contributed by atoms with Gasteiger partial charge in [0.15, 0.2) is 0 Å². The number of halogens is 1. The summed E-state index contributed by atoms with van der Waals surface area (Å²) in [7, 11) is 0. The molecule has 18 heavy (non-hydrogen) atoms. The lowest BCUT2D eigenvalue weighted by atomic mass is 9.97. The third kappa shape index (κ3) is 2.82. The Hall–Kier alpha value is -1.55. The third-order valence-corrected chi connectivity index (χ3v) is 3.22. The molecule has 1 aromatic carbocycles. The molecule has 0 fully saturated rings. The van der Waals surface area contributed by atoms with Crippen LogP contribution >= 0.6 is 11.6 Å². The molecule has 0 saturated carbocycles. The van der Waals surface area contributed by atoms with Crippen molar-refractivity contribution in [3.05, 3.63) is 28.8 Å². The summed E-state index contributed by atoms with van der Waals surface area (Å²) in [6.45, 7) is 3.48. The molecule has 0 aromatic heterocycles. The van der Waals surface area contributed by atoms with Gasteiger partial charge < -0.3 is 9.84 Å². The van der Waals surface area contributed by atoms with Gasteiger partial charge in [0.05, 0.1) is 5.02 Å². The van der Waals surface area contributed by atoms with E-state index in [1.807, 2.05) is 0 Å². The predicted octanol–water partition coefficient (Wildman–Crippen LogP) is 3.17. The molecule has 0 heterocycles. The summed E-state index contributed by atoms with van der Waals surface area (Å²) >= 11 is 5.96. The van der Waals surface area contributed by atoms with Gasteiger partial charge in [-0.25, -0.2) is 4.79 Å². The van der Waals surface area contributed by atoms with Crippen LogP contribution in [0, 0.1) is 0 Å². The highest BCUT2D eigenvalue weighted by Crippen LogP contribution is 2.31. The van der Waals surface area contributed by atoms with E-state index in [1.165, 1.54) is 18.2 Å². The van der Waals surface area contributed by atoms with Crippen LogP contribution in [0.4, 0.5) is 0 Å². The Bertz CT molecular complexity index is 452. The molecule has 0 aliphatic rings. The van der Waals surface area contributed by atoms with Crippen LogP contribution in [0.1, 0.15) is 37.0 Å². The number of carbonyl (C=O) groups excluding carboxylic acids is 1. The molecule has 0 aliphatic carbocycles. The average Bonchev–Trinajstić information content (AvgIpc) is 2.37. The minimum Gasteiger partial charge on any atom is -0.478 e. The first-order chi connectivity index (χ1) is 8.49. The van der Waals surface area contributed by atoms with E-state index in [1.54, 1.807) is 13.8 Å². The Labute approximate surface area is 111 Å². The summed E-state index contributed by atoms with van der Waals surface area (Å²) in [5.41, 5.74) is -0.868. The summed E-state index contributed by atoms with van der Waals surface area (Å²) in [4.78, 5) is 21.9. The lowest BCUT2D eigenvalue weighted by Crippen LogP contribution is -2.43. The molecule has 0 radical (unpaired) electrons. The van der Waals surface area contributed by atoms with Gasteiger partial charge in [-0.2, -0.15) is 0 Å². The summed E-state index contributed by atoms with van der Waals surface area (Å²) in [6.07, 6.45) is 1.31. The second-order valence-electron chi connectivity index (χ2n) is 3.92. The highest BCUT2D eigenvalue weighted by Gasteiger charge is 2.37. The zero-order valence-corrected chi connectivity index (χ0v) is 11.0. The average molecular weight is 271 g/mol. The van der Waals surface area contributed by atoms with Crippen molar-refractivity contribution in [2.75, 3.05) is 0 Å². The molecular formula is C13H15ClO4. The number of aliphatic carboxylic acids is 1. The monoisotopic (exact) mass is 270 g/mol. The van der Waals surface area contributed by atoms with Crippen molar-refractivity contribution in [3.8, 4) is 5.75 Å². The molecule has 0 saturated heterocycles. The summed E-state index contributed by atoms with van der Waals surface area (Å²) < 4.78 is 5.54. The van der Waals surface area contributed by atoms with Crippen molar-refractivity contribution < 1.29 is 19.4 Å². The van der Waals surface area contributed by atoms with Crippen LogP contribution in [0.15, 0.2) is 18.2 Å². The normalized spacial score (nSPS) is 11.1. The number of carboxylic acids is 1. The molecule has 0 atom stereocenters. The molecule has 4 nitrogen and oxygen atoms in total. The fourth-order valence-electron chi connectivity index (χ4n) is 1.62. The standard InChI is InChI=1S/C13H15ClO4/c1-3-13(4-2,12(16)17)18-11-6-5-9(8-15)7-10(11)14/h5-8H,3-4H2,1-2H3,(H,16,17). The van der Waals surface area contributed by atoms with Crippen molar-refractivity contribution in [3.63, 3.8) is 0 Å². The molecule has 0 unspecified atom stereocenters. The van der Waals surface area contributed by atoms with Crippen molar-refractivity contribution in [1.29, 1.82) is 0 Å². The summed E-state index contributed by atoms with van der Waals surface area (Å²) in [5, 5.41) is 9.48. The molecule has 0 amide bonds. The fraction of sp³-hybridized carbons (Fsp3) is 0.385. The van der Waals surface area contributed by atoms with Crippen LogP contribution in [0.3, 0.4) is 0 Å². The van der Waals surface area contributed by atoms with E-state index < -0.39 is 11.6 Å². The Morgan fingerprint density at radius 2 is 2.06 bits per heavy atom. The zero-order valence-electron chi connectivity index (χ0n) is 10.3. The van der Waals surface area contributed by atoms with Crippen molar-refractivity contribution in [2.24, 2.45) is 0 Å². The Morgan fingerprint density at radius 3 is 2.44 bits per heavy atom. The number of benzene rings is 1. The second-order valence-corrected chi connectivity index (χ2v) is 4.32. The first-order valence-corrected chi connectivity index (χ1v) is 6.04. The second kappa shape index (κ2) is 5.87. The first-order valence-electron chi connectivity index (χ1n) is 5.66. The summed E-state index contributed by atoms with van der Waals surface area (Å²) in [6, 6.07) is 4.49. The summed E-state index contributed by atoms with van der Waals surface area (Å²) in [5.74, 6) is -0.753. The van der Waals surface area contributed by atoms with Crippen LogP contribution in [0.2, 0.25) is 5.02 Å². The van der Waals surface area contributed by atoms with E-state index in [4.69, 9.17) is 16.3 Å². The number of rotatable bonds is 6. The zero-order chi connectivity index (χ0) is 13.8. The minimum atomic E-state index is -1.29. The highest BCUT2D eigenvalue weighted by molar-refractivity contribution is 6.32. The first kappa shape index (κ1) is 14.5. The van der Waals surface area contributed by atoms with Gasteiger partial charge in [0.1, 0.15) is 12.0 Å². The maximum Gasteiger partial charge on any atom is 0.348 e. The van der Waals surface area contributed by atoms with Crippen LogP contribution in [-0.4, -0.2) is 23.0 Å². The molecule has 0 bridgehead atoms. The molecule has 1 N–H and O–H groups in total. The number of hydrogen-bond donors (Lipinski definition) is 1. The van der Waals surface area contributed by atoms with Gasteiger partial charge in [0.25, 0.3) is 0 Å². The SMILES string of the molecule is CCC(CC)(Oc1ccc(C=O)cc1Cl)C(=O)O. The van der Waals surface area contributed by atoms with Crippen LogP contribution in [-0.2, 0) is 4.79 Å². The molecule has 1 aromatic rings. The Balaban J connectivity index is 3.08. The van der Waals surface area contributed by atoms with Crippen LogP contribution in [0.5, 0.6) is 5.75 Å². The lowest BCUT2D eigenvalue weighted by Gasteiger charge is -2.28. The largest absolute Gasteiger partial charge is 0.478 e. The molecule has 1 rings (SSSR count). The van der Waals surface area contributed by atoms with E-state index in [-0.39, 0.29) is 10.8 Å². The Kier molecular flexibility index (Phi) is 4.73. The maximum absolute atomic E-state index is 11.3. The number of hydrogen-bond acceptors (Lipinski definition) is 3. The van der Waals surface area contributed by atoms with E-state index >= 15 is 0 Å². The molecule has 0 spiro atoms. The number of aldehydes is 1. The smallest absolute Gasteiger partial charge is 0.348 e. The van der Waals surface area contributed by atoms with E-state index in [2.05, 4.69) is 0 Å². The molecular weight excluding hydrogens is 256 g/mol. The van der Waals surface area contributed by atoms with Gasteiger partial charge in [-0.15, -0.1) is 0 Å². The maximum atomic E-state index is 11.3. The third-order valence-electron chi connectivity index (χ3n) is 2.93. The molecule has 0 aliphatic heterocycles. The fourth-order valence-corrected chi connectivity index (χ4v) is 1.85. The van der Waals surface area contributed by atoms with E-state index in [9.17, 15) is 14.7 Å². The van der Waals surface area contributed by atoms with Gasteiger partial charge in [-0.1, -0.05) is 25.4 Å². The van der Waals surface area contributed by atoms with Gasteiger partial charge in [-0.3, -0.25) is 4.79 Å².